The number of hydrogen-bond acceptors (Lipinski definition) is 5. The maximum Gasteiger partial charge on any atom is 0.239 e. The summed E-state index contributed by atoms with van der Waals surface area (Å²) < 4.78 is 0. The zero-order chi connectivity index (χ0) is 13.3. The summed E-state index contributed by atoms with van der Waals surface area (Å²) in [7, 11) is 0. The first-order chi connectivity index (χ1) is 7.95. The lowest BCUT2D eigenvalue weighted by Crippen LogP contribution is -2.44. The maximum atomic E-state index is 11.1. The Labute approximate surface area is 97.3 Å². The highest BCUT2D eigenvalue weighted by molar-refractivity contribution is 5.89. The van der Waals surface area contributed by atoms with E-state index in [1.165, 1.54) is 0 Å². The number of nitrogens with two attached hydrogens (primary N) is 2. The van der Waals surface area contributed by atoms with Gasteiger partial charge in [0, 0.05) is 0 Å². The Kier molecular flexibility index (Phi) is 7.02. The van der Waals surface area contributed by atoms with Crippen molar-refractivity contribution in [3.63, 3.8) is 0 Å². The van der Waals surface area contributed by atoms with Crippen LogP contribution in [0.1, 0.15) is 0 Å². The minimum atomic E-state index is -0.681. The quantitative estimate of drug-likeness (QED) is 0.307. The van der Waals surface area contributed by atoms with Gasteiger partial charge in [-0.3, -0.25) is 19.2 Å². The summed E-state index contributed by atoms with van der Waals surface area (Å²) in [6.07, 6.45) is 0. The summed E-state index contributed by atoms with van der Waals surface area (Å²) >= 11 is 0. The molecule has 4 amide bonds. The Bertz CT molecular complexity index is 317. The van der Waals surface area contributed by atoms with Crippen LogP contribution in [0.15, 0.2) is 0 Å². The number of carbonyl (C=O) groups is 4. The lowest BCUT2D eigenvalue weighted by Gasteiger charge is -2.06. The normalized spacial score (nSPS) is 9.24. The van der Waals surface area contributed by atoms with E-state index in [2.05, 4.69) is 16.0 Å². The molecular formula is C8H15N5O4. The van der Waals surface area contributed by atoms with Crippen LogP contribution in [0.25, 0.3) is 0 Å². The molecular weight excluding hydrogens is 230 g/mol. The van der Waals surface area contributed by atoms with E-state index in [9.17, 15) is 19.2 Å². The summed E-state index contributed by atoms with van der Waals surface area (Å²) in [4.78, 5) is 43.1. The Hall–Kier alpha value is -2.16. The van der Waals surface area contributed by atoms with Gasteiger partial charge in [-0.2, -0.15) is 0 Å². The lowest BCUT2D eigenvalue weighted by molar-refractivity contribution is -0.128. The SMILES string of the molecule is NCC(=O)NCC(=O)NCC(=O)NCC(N)=O. The summed E-state index contributed by atoms with van der Waals surface area (Å²) in [5.74, 6) is -2.25. The lowest BCUT2D eigenvalue weighted by atomic mass is 10.5. The van der Waals surface area contributed by atoms with Crippen LogP contribution in [0.4, 0.5) is 0 Å². The molecule has 0 saturated carbocycles. The minimum Gasteiger partial charge on any atom is -0.368 e. The van der Waals surface area contributed by atoms with Gasteiger partial charge >= 0.3 is 0 Å². The molecule has 0 aromatic heterocycles. The van der Waals surface area contributed by atoms with Gasteiger partial charge in [-0.25, -0.2) is 0 Å². The van der Waals surface area contributed by atoms with Gasteiger partial charge in [0.1, 0.15) is 0 Å². The fourth-order valence-corrected chi connectivity index (χ4v) is 0.741. The third-order valence-corrected chi connectivity index (χ3v) is 1.54. The first kappa shape index (κ1) is 14.8. The molecule has 7 N–H and O–H groups in total. The Morgan fingerprint density at radius 1 is 0.765 bits per heavy atom. The van der Waals surface area contributed by atoms with Crippen LogP contribution < -0.4 is 27.4 Å². The second kappa shape index (κ2) is 8.05. The molecule has 9 heteroatoms. The summed E-state index contributed by atoms with van der Waals surface area (Å²) in [6.45, 7) is -1.07. The molecule has 0 aliphatic carbocycles. The fourth-order valence-electron chi connectivity index (χ4n) is 0.741. The van der Waals surface area contributed by atoms with Crippen LogP contribution in [0, 0.1) is 0 Å². The first-order valence-electron chi connectivity index (χ1n) is 4.74. The standard InChI is InChI=1S/C8H15N5O4/c9-1-6(15)12-3-8(17)13-4-7(16)11-2-5(10)14/h1-4,9H2,(H2,10,14)(H,11,16)(H,12,15)(H,13,17). The minimum absolute atomic E-state index is 0.216. The summed E-state index contributed by atoms with van der Waals surface area (Å²) in [6, 6.07) is 0. The molecule has 96 valence electrons. The molecule has 0 spiro atoms. The van der Waals surface area contributed by atoms with E-state index in [0.717, 1.165) is 0 Å². The van der Waals surface area contributed by atoms with Gasteiger partial charge in [0.05, 0.1) is 26.2 Å². The number of primary amides is 1. The van der Waals surface area contributed by atoms with Crippen LogP contribution in [0.3, 0.4) is 0 Å². The zero-order valence-corrected chi connectivity index (χ0v) is 9.12. The van der Waals surface area contributed by atoms with E-state index in [0.29, 0.717) is 0 Å². The van der Waals surface area contributed by atoms with Crippen LogP contribution in [0.5, 0.6) is 0 Å². The average Bonchev–Trinajstić information content (AvgIpc) is 2.30. The second-order valence-electron chi connectivity index (χ2n) is 3.00. The van der Waals surface area contributed by atoms with Crippen LogP contribution in [-0.2, 0) is 19.2 Å². The smallest absolute Gasteiger partial charge is 0.239 e. The second-order valence-corrected chi connectivity index (χ2v) is 3.00. The van der Waals surface area contributed by atoms with Crippen molar-refractivity contribution in [2.45, 2.75) is 0 Å². The average molecular weight is 245 g/mol. The third kappa shape index (κ3) is 8.81. The zero-order valence-electron chi connectivity index (χ0n) is 9.12. The van der Waals surface area contributed by atoms with Gasteiger partial charge in [0.2, 0.25) is 23.6 Å². The largest absolute Gasteiger partial charge is 0.368 e. The van der Waals surface area contributed by atoms with E-state index in [1.54, 1.807) is 0 Å². The molecule has 0 bridgehead atoms. The molecule has 0 fully saturated rings. The Balaban J connectivity index is 3.66. The monoisotopic (exact) mass is 245 g/mol. The molecule has 0 heterocycles. The third-order valence-electron chi connectivity index (χ3n) is 1.54. The van der Waals surface area contributed by atoms with Gasteiger partial charge in [-0.15, -0.1) is 0 Å². The molecule has 0 atom stereocenters. The van der Waals surface area contributed by atoms with Crippen LogP contribution >= 0.6 is 0 Å². The van der Waals surface area contributed by atoms with Crippen molar-refractivity contribution in [2.75, 3.05) is 26.2 Å². The molecule has 0 rings (SSSR count). The molecule has 0 unspecified atom stereocenters. The number of hydrogen-bond donors (Lipinski definition) is 5. The van der Waals surface area contributed by atoms with Crippen molar-refractivity contribution in [3.8, 4) is 0 Å². The van der Waals surface area contributed by atoms with E-state index in [1.807, 2.05) is 0 Å². The van der Waals surface area contributed by atoms with Crippen LogP contribution in [0.2, 0.25) is 0 Å². The van der Waals surface area contributed by atoms with Crippen LogP contribution in [-0.4, -0.2) is 49.8 Å². The van der Waals surface area contributed by atoms with E-state index < -0.39 is 23.6 Å². The summed E-state index contributed by atoms with van der Waals surface area (Å²) in [5.41, 5.74) is 9.79. The molecule has 9 nitrogen and oxygen atoms in total. The molecule has 0 aliphatic heterocycles. The molecule has 17 heavy (non-hydrogen) atoms. The molecule has 0 aromatic carbocycles. The number of rotatable bonds is 7. The van der Waals surface area contributed by atoms with Crippen molar-refractivity contribution in [1.29, 1.82) is 0 Å². The topological polar surface area (TPSA) is 156 Å². The number of carbonyl (C=O) groups excluding carboxylic acids is 4. The van der Waals surface area contributed by atoms with Gasteiger partial charge in [0.25, 0.3) is 0 Å². The number of nitrogens with one attached hydrogen (secondary N) is 3. The Morgan fingerprint density at radius 3 is 1.59 bits per heavy atom. The Morgan fingerprint density at radius 2 is 1.18 bits per heavy atom. The first-order valence-corrected chi connectivity index (χ1v) is 4.74. The molecule has 0 saturated heterocycles. The highest BCUT2D eigenvalue weighted by Gasteiger charge is 2.06. The fraction of sp³-hybridized carbons (Fsp3) is 0.500. The van der Waals surface area contributed by atoms with Gasteiger partial charge < -0.3 is 27.4 Å². The van der Waals surface area contributed by atoms with Crippen molar-refractivity contribution in [1.82, 2.24) is 16.0 Å². The predicted molar refractivity (Wildman–Crippen MR) is 57.3 cm³/mol. The van der Waals surface area contributed by atoms with Crippen molar-refractivity contribution >= 4 is 23.6 Å². The van der Waals surface area contributed by atoms with Crippen molar-refractivity contribution in [3.05, 3.63) is 0 Å². The van der Waals surface area contributed by atoms with E-state index in [4.69, 9.17) is 11.5 Å². The van der Waals surface area contributed by atoms with Gasteiger partial charge in [-0.1, -0.05) is 0 Å². The summed E-state index contributed by atoms with van der Waals surface area (Å²) in [5, 5.41) is 6.63. The molecule has 0 aliphatic rings. The highest BCUT2D eigenvalue weighted by atomic mass is 16.2. The predicted octanol–water partition coefficient (Wildman–Crippen LogP) is -4.22. The number of amides is 4. The highest BCUT2D eigenvalue weighted by Crippen LogP contribution is 1.68. The van der Waals surface area contributed by atoms with E-state index in [-0.39, 0.29) is 26.2 Å². The van der Waals surface area contributed by atoms with Crippen molar-refractivity contribution < 1.29 is 19.2 Å². The van der Waals surface area contributed by atoms with Gasteiger partial charge in [0.15, 0.2) is 0 Å². The molecule has 0 radical (unpaired) electrons. The maximum absolute atomic E-state index is 11.1. The molecule has 0 aromatic rings. The van der Waals surface area contributed by atoms with E-state index >= 15 is 0 Å². The van der Waals surface area contributed by atoms with Gasteiger partial charge in [-0.05, 0) is 0 Å². The van der Waals surface area contributed by atoms with Crippen molar-refractivity contribution in [2.24, 2.45) is 11.5 Å².